The van der Waals surface area contributed by atoms with Crippen LogP contribution >= 0.6 is 0 Å². The van der Waals surface area contributed by atoms with E-state index in [1.165, 1.54) is 24.9 Å². The number of likely N-dealkylation sites (tertiary alicyclic amines) is 1. The van der Waals surface area contributed by atoms with Gasteiger partial charge in [-0.3, -0.25) is 0 Å². The fraction of sp³-hybridized carbons (Fsp3) is 0.538. The van der Waals surface area contributed by atoms with Gasteiger partial charge < -0.3 is 16.0 Å². The van der Waals surface area contributed by atoms with Crippen LogP contribution in [0.4, 0.5) is 11.4 Å². The molecule has 1 aliphatic rings. The third-order valence-electron chi connectivity index (χ3n) is 3.49. The Kier molecular flexibility index (Phi) is 3.34. The Bertz CT molecular complexity index is 342. The van der Waals surface area contributed by atoms with Crippen LogP contribution in [0.5, 0.6) is 0 Å². The van der Waals surface area contributed by atoms with Gasteiger partial charge in [-0.05, 0) is 45.0 Å². The highest BCUT2D eigenvalue weighted by atomic mass is 15.2. The standard InChI is InChI=1S/C13H21N3/c1-10-5-3-7-12(14)13(10)15-9-11-6-4-8-16(11)2/h3,5,7,11,15H,4,6,8-9,14H2,1-2H3. The number of likely N-dealkylation sites (N-methyl/N-ethyl adjacent to an activating group) is 1. The number of nitrogens with zero attached hydrogens (tertiary/aromatic N) is 1. The number of hydrogen-bond acceptors (Lipinski definition) is 3. The molecule has 0 amide bonds. The number of nitrogen functional groups attached to an aromatic ring is 1. The number of rotatable bonds is 3. The number of para-hydroxylation sites is 1. The van der Waals surface area contributed by atoms with Gasteiger partial charge in [0.15, 0.2) is 0 Å². The molecule has 16 heavy (non-hydrogen) atoms. The predicted octanol–water partition coefficient (Wildman–Crippen LogP) is 2.08. The predicted molar refractivity (Wildman–Crippen MR) is 69.7 cm³/mol. The zero-order chi connectivity index (χ0) is 11.5. The molecule has 1 fully saturated rings. The maximum atomic E-state index is 5.96. The van der Waals surface area contributed by atoms with Crippen LogP contribution in [0.2, 0.25) is 0 Å². The lowest BCUT2D eigenvalue weighted by Crippen LogP contribution is -2.31. The number of aryl methyl sites for hydroxylation is 1. The second-order valence-corrected chi connectivity index (χ2v) is 4.70. The van der Waals surface area contributed by atoms with Crippen LogP contribution in [0.15, 0.2) is 18.2 Å². The largest absolute Gasteiger partial charge is 0.397 e. The van der Waals surface area contributed by atoms with E-state index in [2.05, 4.69) is 30.3 Å². The number of anilines is 2. The van der Waals surface area contributed by atoms with E-state index < -0.39 is 0 Å². The summed E-state index contributed by atoms with van der Waals surface area (Å²) in [6.45, 7) is 4.30. The molecule has 1 aromatic carbocycles. The molecule has 3 nitrogen and oxygen atoms in total. The van der Waals surface area contributed by atoms with Gasteiger partial charge in [-0.1, -0.05) is 12.1 Å². The smallest absolute Gasteiger partial charge is 0.0604 e. The minimum absolute atomic E-state index is 0.652. The van der Waals surface area contributed by atoms with Crippen LogP contribution in [-0.2, 0) is 0 Å². The first-order chi connectivity index (χ1) is 7.68. The van der Waals surface area contributed by atoms with Gasteiger partial charge in [0, 0.05) is 12.6 Å². The van der Waals surface area contributed by atoms with Gasteiger partial charge in [-0.15, -0.1) is 0 Å². The van der Waals surface area contributed by atoms with Crippen molar-refractivity contribution in [2.45, 2.75) is 25.8 Å². The quantitative estimate of drug-likeness (QED) is 0.765. The number of nitrogens with one attached hydrogen (secondary N) is 1. The Morgan fingerprint density at radius 1 is 1.50 bits per heavy atom. The lowest BCUT2D eigenvalue weighted by Gasteiger charge is -2.21. The molecule has 3 N–H and O–H groups in total. The Hall–Kier alpha value is -1.22. The molecule has 0 aliphatic carbocycles. The molecule has 0 radical (unpaired) electrons. The van der Waals surface area contributed by atoms with Gasteiger partial charge in [-0.25, -0.2) is 0 Å². The summed E-state index contributed by atoms with van der Waals surface area (Å²) in [5.74, 6) is 0. The molecule has 0 spiro atoms. The number of nitrogens with two attached hydrogens (primary N) is 1. The summed E-state index contributed by atoms with van der Waals surface area (Å²) >= 11 is 0. The van der Waals surface area contributed by atoms with E-state index in [-0.39, 0.29) is 0 Å². The molecule has 1 aliphatic heterocycles. The highest BCUT2D eigenvalue weighted by Crippen LogP contribution is 2.23. The van der Waals surface area contributed by atoms with Gasteiger partial charge in [0.25, 0.3) is 0 Å². The molecule has 1 atom stereocenters. The summed E-state index contributed by atoms with van der Waals surface area (Å²) in [5.41, 5.74) is 9.14. The van der Waals surface area contributed by atoms with Crippen molar-refractivity contribution in [3.8, 4) is 0 Å². The SMILES string of the molecule is Cc1cccc(N)c1NCC1CCCN1C. The second-order valence-electron chi connectivity index (χ2n) is 4.70. The van der Waals surface area contributed by atoms with Crippen LogP contribution < -0.4 is 11.1 Å². The summed E-state index contributed by atoms with van der Waals surface area (Å²) in [6.07, 6.45) is 2.60. The maximum Gasteiger partial charge on any atom is 0.0604 e. The Morgan fingerprint density at radius 2 is 2.31 bits per heavy atom. The van der Waals surface area contributed by atoms with Gasteiger partial charge >= 0.3 is 0 Å². The fourth-order valence-corrected chi connectivity index (χ4v) is 2.39. The van der Waals surface area contributed by atoms with E-state index in [9.17, 15) is 0 Å². The monoisotopic (exact) mass is 219 g/mol. The fourth-order valence-electron chi connectivity index (χ4n) is 2.39. The Labute approximate surface area is 97.6 Å². The third kappa shape index (κ3) is 2.30. The first kappa shape index (κ1) is 11.3. The zero-order valence-electron chi connectivity index (χ0n) is 10.2. The maximum absolute atomic E-state index is 5.96. The Balaban J connectivity index is 1.99. The molecule has 0 saturated carbocycles. The van der Waals surface area contributed by atoms with E-state index in [4.69, 9.17) is 5.73 Å². The molecular weight excluding hydrogens is 198 g/mol. The average Bonchev–Trinajstić information content (AvgIpc) is 2.64. The third-order valence-corrected chi connectivity index (χ3v) is 3.49. The van der Waals surface area contributed by atoms with Crippen molar-refractivity contribution >= 4 is 11.4 Å². The molecule has 1 heterocycles. The molecule has 1 unspecified atom stereocenters. The molecule has 1 saturated heterocycles. The van der Waals surface area contributed by atoms with Crippen molar-refractivity contribution in [3.63, 3.8) is 0 Å². The molecule has 0 bridgehead atoms. The molecule has 2 rings (SSSR count). The van der Waals surface area contributed by atoms with Crippen LogP contribution in [0.3, 0.4) is 0 Å². The van der Waals surface area contributed by atoms with Crippen molar-refractivity contribution in [2.75, 3.05) is 31.2 Å². The summed E-state index contributed by atoms with van der Waals surface area (Å²) in [7, 11) is 2.19. The topological polar surface area (TPSA) is 41.3 Å². The first-order valence-electron chi connectivity index (χ1n) is 5.97. The highest BCUT2D eigenvalue weighted by Gasteiger charge is 2.20. The van der Waals surface area contributed by atoms with Crippen LogP contribution in [-0.4, -0.2) is 31.1 Å². The van der Waals surface area contributed by atoms with Crippen molar-refractivity contribution < 1.29 is 0 Å². The minimum atomic E-state index is 0.652. The molecular formula is C13H21N3. The molecule has 1 aromatic rings. The molecule has 3 heteroatoms. The van der Waals surface area contributed by atoms with Crippen molar-refractivity contribution in [1.29, 1.82) is 0 Å². The van der Waals surface area contributed by atoms with E-state index in [0.29, 0.717) is 6.04 Å². The lowest BCUT2D eigenvalue weighted by molar-refractivity contribution is 0.322. The lowest BCUT2D eigenvalue weighted by atomic mass is 10.1. The van der Waals surface area contributed by atoms with Crippen LogP contribution in [0.25, 0.3) is 0 Å². The number of hydrogen-bond donors (Lipinski definition) is 2. The van der Waals surface area contributed by atoms with E-state index in [1.54, 1.807) is 0 Å². The summed E-state index contributed by atoms with van der Waals surface area (Å²) < 4.78 is 0. The van der Waals surface area contributed by atoms with E-state index in [0.717, 1.165) is 17.9 Å². The van der Waals surface area contributed by atoms with Crippen LogP contribution in [0, 0.1) is 6.92 Å². The summed E-state index contributed by atoms with van der Waals surface area (Å²) in [6, 6.07) is 6.70. The minimum Gasteiger partial charge on any atom is -0.397 e. The van der Waals surface area contributed by atoms with Crippen molar-refractivity contribution in [3.05, 3.63) is 23.8 Å². The summed E-state index contributed by atoms with van der Waals surface area (Å²) in [5, 5.41) is 3.49. The van der Waals surface area contributed by atoms with Gasteiger partial charge in [0.1, 0.15) is 0 Å². The second kappa shape index (κ2) is 4.74. The molecule has 0 aromatic heterocycles. The number of benzene rings is 1. The van der Waals surface area contributed by atoms with Crippen molar-refractivity contribution in [1.82, 2.24) is 4.90 Å². The van der Waals surface area contributed by atoms with Gasteiger partial charge in [-0.2, -0.15) is 0 Å². The van der Waals surface area contributed by atoms with E-state index >= 15 is 0 Å². The first-order valence-corrected chi connectivity index (χ1v) is 5.97. The average molecular weight is 219 g/mol. The van der Waals surface area contributed by atoms with Crippen LogP contribution in [0.1, 0.15) is 18.4 Å². The van der Waals surface area contributed by atoms with E-state index in [1.807, 2.05) is 12.1 Å². The normalized spacial score (nSPS) is 21.2. The van der Waals surface area contributed by atoms with Crippen molar-refractivity contribution in [2.24, 2.45) is 0 Å². The zero-order valence-corrected chi connectivity index (χ0v) is 10.2. The van der Waals surface area contributed by atoms with Gasteiger partial charge in [0.05, 0.1) is 11.4 Å². The van der Waals surface area contributed by atoms with Gasteiger partial charge in [0.2, 0.25) is 0 Å². The molecule has 88 valence electrons. The summed E-state index contributed by atoms with van der Waals surface area (Å²) in [4.78, 5) is 2.42. The Morgan fingerprint density at radius 3 is 2.94 bits per heavy atom. The highest BCUT2D eigenvalue weighted by molar-refractivity contribution is 5.69.